The molecule has 6 fully saturated rings. The van der Waals surface area contributed by atoms with Crippen molar-refractivity contribution in [3.8, 4) is 0 Å². The van der Waals surface area contributed by atoms with E-state index < -0.39 is 22.6 Å². The summed E-state index contributed by atoms with van der Waals surface area (Å²) in [6, 6.07) is 1.62. The van der Waals surface area contributed by atoms with E-state index in [9.17, 15) is 24.3 Å². The maximum atomic E-state index is 11.4. The monoisotopic (exact) mass is 1720 g/mol. The van der Waals surface area contributed by atoms with Gasteiger partial charge >= 0.3 is 37.4 Å². The molecule has 6 saturated heterocycles. The number of likely N-dealkylation sites (tertiary alicyclic amines) is 3. The maximum absolute atomic E-state index is 11.4. The molecule has 6 aliphatic rings. The van der Waals surface area contributed by atoms with Crippen LogP contribution >= 0.6 is 12.4 Å². The number of β-amino-alcohol motifs (C(OH)–C–C–N with tert-alkyl or cyclic N) is 2. The number of azide groups is 1. The summed E-state index contributed by atoms with van der Waals surface area (Å²) in [5.41, 5.74) is 14.0. The average Bonchev–Trinajstić information content (AvgIpc) is 1.80. The largest absolute Gasteiger partial charge is 0.657 e. The van der Waals surface area contributed by atoms with Gasteiger partial charge in [0.25, 0.3) is 5.97 Å². The molecule has 0 unspecified atom stereocenters. The Labute approximate surface area is 697 Å². The van der Waals surface area contributed by atoms with Gasteiger partial charge in [-0.25, -0.2) is 0 Å². The number of ether oxygens (including phenoxy) is 1. The van der Waals surface area contributed by atoms with Crippen LogP contribution in [0.25, 0.3) is 21.1 Å². The third-order valence-electron chi connectivity index (χ3n) is 16.1. The summed E-state index contributed by atoms with van der Waals surface area (Å²) in [4.78, 5) is 60.9. The average molecular weight is 1720 g/mol. The molecule has 96 heavy (non-hydrogen) atoms. The molecule has 0 aromatic carbocycles. The van der Waals surface area contributed by atoms with Crippen molar-refractivity contribution in [2.24, 2.45) is 10.8 Å². The second-order valence-electron chi connectivity index (χ2n) is 24.9. The molecule has 6 N–H and O–H groups in total. The molecule has 6 rings (SSSR count). The van der Waals surface area contributed by atoms with Crippen LogP contribution in [-0.4, -0.2) is 210 Å². The van der Waals surface area contributed by atoms with Gasteiger partial charge in [0.05, 0.1) is 43.1 Å². The van der Waals surface area contributed by atoms with Crippen LogP contribution in [0.15, 0.2) is 5.11 Å². The van der Waals surface area contributed by atoms with Gasteiger partial charge in [-0.15, -0.1) is 31.5 Å². The van der Waals surface area contributed by atoms with E-state index in [0.717, 1.165) is 85.2 Å². The van der Waals surface area contributed by atoms with Crippen LogP contribution in [0.2, 0.25) is 49.9 Å². The molecule has 23 nitrogen and oxygen atoms in total. The van der Waals surface area contributed by atoms with E-state index in [-0.39, 0.29) is 250 Å². The van der Waals surface area contributed by atoms with Crippen molar-refractivity contribution in [2.75, 3.05) is 46.4 Å². The Morgan fingerprint density at radius 1 is 0.635 bits per heavy atom. The minimum absolute atomic E-state index is 0. The zero-order valence-corrected chi connectivity index (χ0v) is 78.4. The first-order chi connectivity index (χ1) is 40.3. The number of rotatable bonds is 11. The van der Waals surface area contributed by atoms with E-state index in [0.29, 0.717) is 68.3 Å². The third-order valence-corrected chi connectivity index (χ3v) is 25.2. The zero-order valence-electron chi connectivity index (χ0n) is 64.2. The van der Waals surface area contributed by atoms with Gasteiger partial charge in [0, 0.05) is 204 Å². The summed E-state index contributed by atoms with van der Waals surface area (Å²) in [7, 11) is -0.426. The number of aliphatic hydroxyl groups excluding tert-OH is 2. The van der Waals surface area contributed by atoms with Gasteiger partial charge < -0.3 is 130 Å². The van der Waals surface area contributed by atoms with E-state index in [4.69, 9.17) is 49.3 Å². The number of nitrogens with two attached hydrogens (primary N) is 1. The van der Waals surface area contributed by atoms with Crippen LogP contribution in [0.4, 0.5) is 0 Å². The Morgan fingerprint density at radius 2 is 1.00 bits per heavy atom. The molecule has 6 aliphatic heterocycles. The van der Waals surface area contributed by atoms with E-state index in [2.05, 4.69) is 142 Å². The Morgan fingerprint density at radius 3 is 1.28 bits per heavy atom. The van der Waals surface area contributed by atoms with Gasteiger partial charge in [-0.2, -0.15) is 0 Å². The smallest absolute Gasteiger partial charge is 0.287 e. The predicted octanol–water partition coefficient (Wildman–Crippen LogP) is 11.9. The summed E-state index contributed by atoms with van der Waals surface area (Å²) >= 11 is 0. The van der Waals surface area contributed by atoms with Gasteiger partial charge in [0.1, 0.15) is 0 Å². The number of nitrogens with zero attached hydrogens (tertiary/aromatic N) is 8. The number of amides is 3. The fourth-order valence-electron chi connectivity index (χ4n) is 9.40. The standard InChI is InChI=1S/C12H24NO3Si.C12H26NOSi.C8H13N4O.C8H15N2O.C8H14NO2.C6H13NO.C2H3O2.C2H6.2CH3BO.4CH3.ClH.4Y/c1-12(2,3)17(5,6)16-9-7-10(13-8-9)11(14)15-4;1-7-10-8-11(9-13-10)14-15(5,6)12(2,3)4;1-3-8-4-7(10-11-9)5-12(8)6(2)13;1-3-8-4-7(9)5-10(8)6(2)11;1-3-7-4-8(11)5-9(7)6(2)10;1-2-5-3-6(8)4-7-5;1-2(3)4;1-2;2*1-2-3;;;;;;;;;/h9-10H,7-8H2,1-6H3;10-11H,7-9H2,1-6H3;7-8H,2-5H2,1H3;7-8H,2-5,9H2,1H3;7-8,11H,2-5H2,1H3;5-8H,2-4H2,1H3;1H2,(H,3,4);1-2H3;2*1H3;4*1H3;1H;;;;/q5*-1;;-1;;;;4*-1;;;;;/t9-,10-;10-,11+;2*7-,8+;7-,8-;5-,6-;;;;;;;;;;;;;/m010011............./s1. The minimum Gasteiger partial charge on any atom is -0.657 e. The van der Waals surface area contributed by atoms with Crippen molar-refractivity contribution in [3.63, 3.8) is 0 Å². The Kier molecular flexibility index (Phi) is 90.6. The topological polar surface area (TPSA) is 333 Å². The number of carbonyl (C=O) groups is 5. The van der Waals surface area contributed by atoms with Gasteiger partial charge in [0.15, 0.2) is 22.6 Å². The van der Waals surface area contributed by atoms with Crippen LogP contribution < -0.4 is 11.1 Å². The second-order valence-corrected chi connectivity index (χ2v) is 34.4. The first kappa shape index (κ1) is 126. The van der Waals surface area contributed by atoms with E-state index in [1.165, 1.54) is 20.8 Å². The summed E-state index contributed by atoms with van der Waals surface area (Å²) in [6.07, 6.45) is 10.3. The molecule has 0 aromatic heterocycles. The molecular weight excluding hydrogens is 1590 g/mol. The molecule has 560 valence electrons. The van der Waals surface area contributed by atoms with Crippen LogP contribution in [-0.2, 0) is 178 Å². The number of aliphatic carboxylic acids is 1. The van der Waals surface area contributed by atoms with Crippen LogP contribution in [0.5, 0.6) is 0 Å². The Bertz CT molecular complexity index is 1980. The Balaban J connectivity index is -0.0000000749. The molecule has 4 radical (unpaired) electrons. The predicted molar refractivity (Wildman–Crippen MR) is 388 cm³/mol. The second kappa shape index (κ2) is 68.8. The number of hydrogen-bond acceptors (Lipinski definition) is 15. The molecule has 3 amide bonds. The SMILES string of the molecule is CB=O.CB=O.CC.CC[C@@H]1C[C@@H](O)CN1.CC[C@@H]1C[C@H](O[Si](C)(C)C(C)(C)C)C[N-]1.COC(=O)[C@@H]1C[C@H](O[Si](C)(C)C(C)(C)C)C[N-]1.Cl.[CH2-]C(=O)N1C[C@@H](N)C[C@H]1CC.[CH2-]C(=O)N1C[C@@H](N=[N+]=[N-])C[C@H]1CC.[CH2-]C(=O)N1C[C@H](O)C[C@H]1CC.[CH2-]C(=O)O.[CH3-].[CH3-].[CH3-].[CH3-].[Y].[Y].[Y].[Y]. The van der Waals surface area contributed by atoms with Crippen molar-refractivity contribution in [3.05, 3.63) is 78.5 Å². The van der Waals surface area contributed by atoms with Gasteiger partial charge in [0.2, 0.25) is 0 Å². The fraction of sp³-hybridized carbons (Fsp3) is 0.797. The van der Waals surface area contributed by atoms with Crippen molar-refractivity contribution in [1.82, 2.24) is 20.0 Å². The molecule has 12 atom stereocenters. The molecule has 0 saturated carbocycles. The zero-order chi connectivity index (χ0) is 68.6. The first-order valence-electron chi connectivity index (χ1n) is 31.2. The minimum atomic E-state index is -1.76. The molecular formula is C64H133B2ClN10O13Si2Y4-10. The fourth-order valence-corrected chi connectivity index (χ4v) is 12.1. The number of halogens is 1. The van der Waals surface area contributed by atoms with E-state index >= 15 is 0 Å². The van der Waals surface area contributed by atoms with Gasteiger partial charge in [-0.3, -0.25) is 16.5 Å². The molecule has 0 spiro atoms. The number of carbonyl (C=O) groups excluding carboxylic acids is 4. The van der Waals surface area contributed by atoms with Crippen molar-refractivity contribution < 1.29 is 193 Å². The molecule has 32 heteroatoms. The normalized spacial score (nSPS) is 23.5. The van der Waals surface area contributed by atoms with E-state index in [1.54, 1.807) is 14.7 Å². The summed E-state index contributed by atoms with van der Waals surface area (Å²) < 4.78 is 34.9. The Hall–Kier alpha value is 0.689. The van der Waals surface area contributed by atoms with Gasteiger partial charge in [-0.05, 0) is 112 Å². The third kappa shape index (κ3) is 55.2. The van der Waals surface area contributed by atoms with Crippen LogP contribution in [0.1, 0.15) is 161 Å². The van der Waals surface area contributed by atoms with Crippen LogP contribution in [0.3, 0.4) is 0 Å². The molecule has 0 aliphatic carbocycles. The molecule has 0 bridgehead atoms. The van der Waals surface area contributed by atoms with E-state index in [1.807, 2.05) is 27.7 Å². The van der Waals surface area contributed by atoms with Gasteiger partial charge in [-0.1, -0.05) is 102 Å². The summed E-state index contributed by atoms with van der Waals surface area (Å²) in [5, 5.41) is 41.7. The van der Waals surface area contributed by atoms with Crippen molar-refractivity contribution >= 4 is 73.0 Å². The number of carboxylic acids is 1. The number of methoxy groups -OCH3 is 1. The number of carboxylic acid groups (broad SMARTS) is 1. The number of aliphatic hydroxyl groups is 2. The summed E-state index contributed by atoms with van der Waals surface area (Å²) in [6.45, 7) is 56.6. The molecule has 6 heterocycles. The summed E-state index contributed by atoms with van der Waals surface area (Å²) in [5.74, 6) is -1.77. The van der Waals surface area contributed by atoms with Crippen LogP contribution in [0, 0.1) is 57.4 Å². The van der Waals surface area contributed by atoms with Crippen molar-refractivity contribution in [2.45, 2.75) is 283 Å². The first-order valence-corrected chi connectivity index (χ1v) is 37.0. The number of hydrogen-bond donors (Lipinski definition) is 5. The number of nitrogens with one attached hydrogen (secondary N) is 1. The quantitative estimate of drug-likeness (QED) is 0.0320. The van der Waals surface area contributed by atoms with Crippen molar-refractivity contribution in [1.29, 1.82) is 0 Å². The number of esters is 1. The maximum Gasteiger partial charge on any atom is 0.287 e. The molecule has 0 aromatic rings.